The zero-order valence-corrected chi connectivity index (χ0v) is 18.3. The van der Waals surface area contributed by atoms with E-state index in [4.69, 9.17) is 9.47 Å². The maximum absolute atomic E-state index is 14.7. The summed E-state index contributed by atoms with van der Waals surface area (Å²) in [5, 5.41) is 0. The lowest BCUT2D eigenvalue weighted by molar-refractivity contribution is 0.201. The Kier molecular flexibility index (Phi) is 6.78. The van der Waals surface area contributed by atoms with Crippen LogP contribution in [0.4, 0.5) is 13.2 Å². The molecule has 0 aliphatic heterocycles. The largest absolute Gasteiger partial charge is 0.493 e. The summed E-state index contributed by atoms with van der Waals surface area (Å²) in [6.45, 7) is 4.75. The third-order valence-electron chi connectivity index (χ3n) is 7.20. The summed E-state index contributed by atoms with van der Waals surface area (Å²) in [4.78, 5) is 0. The highest BCUT2D eigenvalue weighted by atomic mass is 19.2. The molecule has 4 atom stereocenters. The smallest absolute Gasteiger partial charge is 0.201 e. The SMILES string of the molecule is CCCC1CCC2C(COc3ccc(-c4ccc(OCC)c(F)c4F)c(F)c3)CCC12. The minimum atomic E-state index is -1.11. The van der Waals surface area contributed by atoms with Gasteiger partial charge in [-0.3, -0.25) is 0 Å². The Morgan fingerprint density at radius 2 is 1.52 bits per heavy atom. The number of rotatable bonds is 8. The van der Waals surface area contributed by atoms with E-state index in [1.807, 2.05) is 0 Å². The highest BCUT2D eigenvalue weighted by Crippen LogP contribution is 2.52. The fourth-order valence-corrected chi connectivity index (χ4v) is 5.79. The van der Waals surface area contributed by atoms with E-state index in [-0.39, 0.29) is 23.5 Å². The second-order valence-corrected chi connectivity index (χ2v) is 8.92. The van der Waals surface area contributed by atoms with Crippen LogP contribution in [0.3, 0.4) is 0 Å². The van der Waals surface area contributed by atoms with Crippen molar-refractivity contribution in [3.05, 3.63) is 47.8 Å². The average Bonchev–Trinajstić information content (AvgIpc) is 3.34. The number of benzene rings is 2. The topological polar surface area (TPSA) is 18.5 Å². The van der Waals surface area contributed by atoms with Crippen LogP contribution in [0.15, 0.2) is 30.3 Å². The molecule has 2 aliphatic rings. The van der Waals surface area contributed by atoms with Gasteiger partial charge >= 0.3 is 0 Å². The first-order valence-corrected chi connectivity index (χ1v) is 11.6. The first-order chi connectivity index (χ1) is 15.0. The van der Waals surface area contributed by atoms with Crippen molar-refractivity contribution in [2.75, 3.05) is 13.2 Å². The highest BCUT2D eigenvalue weighted by molar-refractivity contribution is 5.66. The minimum absolute atomic E-state index is 0.00549. The van der Waals surface area contributed by atoms with Gasteiger partial charge in [0.25, 0.3) is 0 Å². The maximum Gasteiger partial charge on any atom is 0.201 e. The summed E-state index contributed by atoms with van der Waals surface area (Å²) >= 11 is 0. The molecule has 2 nitrogen and oxygen atoms in total. The van der Waals surface area contributed by atoms with Crippen LogP contribution < -0.4 is 9.47 Å². The summed E-state index contributed by atoms with van der Waals surface area (Å²) < 4.78 is 54.4. The molecule has 0 spiro atoms. The fraction of sp³-hybridized carbons (Fsp3) is 0.538. The van der Waals surface area contributed by atoms with Gasteiger partial charge in [0.15, 0.2) is 11.6 Å². The summed E-state index contributed by atoms with van der Waals surface area (Å²) in [7, 11) is 0. The van der Waals surface area contributed by atoms with Gasteiger partial charge in [0, 0.05) is 17.2 Å². The quantitative estimate of drug-likeness (QED) is 0.433. The van der Waals surface area contributed by atoms with E-state index in [0.717, 1.165) is 17.8 Å². The predicted molar refractivity (Wildman–Crippen MR) is 116 cm³/mol. The molecule has 0 aromatic heterocycles. The van der Waals surface area contributed by atoms with Crippen molar-refractivity contribution in [3.8, 4) is 22.6 Å². The zero-order valence-electron chi connectivity index (χ0n) is 18.3. The Hall–Kier alpha value is -2.17. The van der Waals surface area contributed by atoms with Crippen LogP contribution >= 0.6 is 0 Å². The second kappa shape index (κ2) is 9.54. The molecule has 2 saturated carbocycles. The molecular formula is C26H31F3O2. The first kappa shape index (κ1) is 22.0. The lowest BCUT2D eigenvalue weighted by Crippen LogP contribution is -2.18. The van der Waals surface area contributed by atoms with Gasteiger partial charge in [-0.25, -0.2) is 8.78 Å². The average molecular weight is 433 g/mol. The van der Waals surface area contributed by atoms with Crippen LogP contribution in [0.25, 0.3) is 11.1 Å². The minimum Gasteiger partial charge on any atom is -0.493 e. The summed E-state index contributed by atoms with van der Waals surface area (Å²) in [6.07, 6.45) is 7.63. The first-order valence-electron chi connectivity index (χ1n) is 11.6. The number of hydrogen-bond donors (Lipinski definition) is 0. The van der Waals surface area contributed by atoms with Crippen molar-refractivity contribution in [3.63, 3.8) is 0 Å². The molecule has 0 saturated heterocycles. The number of ether oxygens (including phenoxy) is 2. The van der Waals surface area contributed by atoms with Gasteiger partial charge in [0.1, 0.15) is 11.6 Å². The molecule has 4 rings (SSSR count). The third kappa shape index (κ3) is 4.42. The van der Waals surface area contributed by atoms with Crippen molar-refractivity contribution >= 4 is 0 Å². The van der Waals surface area contributed by atoms with E-state index in [9.17, 15) is 13.2 Å². The molecule has 5 heteroatoms. The van der Waals surface area contributed by atoms with Crippen molar-refractivity contribution in [2.24, 2.45) is 23.7 Å². The summed E-state index contributed by atoms with van der Waals surface area (Å²) in [5.74, 6) is 0.339. The van der Waals surface area contributed by atoms with E-state index in [1.54, 1.807) is 13.0 Å². The Bertz CT molecular complexity index is 914. The molecule has 4 unspecified atom stereocenters. The van der Waals surface area contributed by atoms with Crippen molar-refractivity contribution in [1.82, 2.24) is 0 Å². The van der Waals surface area contributed by atoms with Gasteiger partial charge in [-0.2, -0.15) is 4.39 Å². The zero-order chi connectivity index (χ0) is 22.0. The summed E-state index contributed by atoms with van der Waals surface area (Å²) in [5.41, 5.74) is -0.123. The van der Waals surface area contributed by atoms with Crippen LogP contribution in [0.5, 0.6) is 11.5 Å². The molecule has 0 heterocycles. The van der Waals surface area contributed by atoms with Crippen LogP contribution in [-0.4, -0.2) is 13.2 Å². The molecule has 2 aromatic carbocycles. The molecule has 2 aliphatic carbocycles. The molecule has 31 heavy (non-hydrogen) atoms. The standard InChI is InChI=1S/C26H31F3O2/c1-3-5-16-6-9-20-17(7-10-19(16)20)15-31-18-8-11-21(23(27)14-18)22-12-13-24(30-4-2)26(29)25(22)28/h8,11-14,16-17,19-20H,3-7,9-10,15H2,1-2H3. The molecule has 0 N–H and O–H groups in total. The van der Waals surface area contributed by atoms with Gasteiger partial charge in [0.05, 0.1) is 13.2 Å². The third-order valence-corrected chi connectivity index (χ3v) is 7.20. The molecular weight excluding hydrogens is 401 g/mol. The molecule has 2 fully saturated rings. The van der Waals surface area contributed by atoms with E-state index in [2.05, 4.69) is 6.92 Å². The van der Waals surface area contributed by atoms with E-state index in [1.165, 1.54) is 62.8 Å². The van der Waals surface area contributed by atoms with E-state index >= 15 is 0 Å². The van der Waals surface area contributed by atoms with Gasteiger partial charge in [-0.05, 0) is 80.5 Å². The van der Waals surface area contributed by atoms with Crippen molar-refractivity contribution in [2.45, 2.75) is 52.4 Å². The predicted octanol–water partition coefficient (Wildman–Crippen LogP) is 7.40. The molecule has 168 valence electrons. The normalized spacial score (nSPS) is 24.9. The lowest BCUT2D eigenvalue weighted by Gasteiger charge is -2.21. The molecule has 0 bridgehead atoms. The maximum atomic E-state index is 14.7. The van der Waals surface area contributed by atoms with Crippen LogP contribution in [0.2, 0.25) is 0 Å². The Morgan fingerprint density at radius 3 is 2.23 bits per heavy atom. The number of hydrogen-bond acceptors (Lipinski definition) is 2. The Balaban J connectivity index is 1.43. The van der Waals surface area contributed by atoms with E-state index < -0.39 is 17.5 Å². The van der Waals surface area contributed by atoms with Gasteiger partial charge in [-0.1, -0.05) is 19.8 Å². The molecule has 2 aromatic rings. The summed E-state index contributed by atoms with van der Waals surface area (Å²) in [6, 6.07) is 7.02. The fourth-order valence-electron chi connectivity index (χ4n) is 5.79. The Labute approximate surface area is 182 Å². The monoisotopic (exact) mass is 432 g/mol. The number of halogens is 3. The molecule has 0 amide bonds. The lowest BCUT2D eigenvalue weighted by atomic mass is 9.87. The van der Waals surface area contributed by atoms with Gasteiger partial charge in [0.2, 0.25) is 5.82 Å². The van der Waals surface area contributed by atoms with Gasteiger partial charge in [-0.15, -0.1) is 0 Å². The molecule has 0 radical (unpaired) electrons. The van der Waals surface area contributed by atoms with Crippen LogP contribution in [0, 0.1) is 41.1 Å². The van der Waals surface area contributed by atoms with Crippen LogP contribution in [0.1, 0.15) is 52.4 Å². The Morgan fingerprint density at radius 1 is 0.806 bits per heavy atom. The highest BCUT2D eigenvalue weighted by Gasteiger charge is 2.44. The van der Waals surface area contributed by atoms with Gasteiger partial charge < -0.3 is 9.47 Å². The van der Waals surface area contributed by atoms with Crippen LogP contribution in [-0.2, 0) is 0 Å². The van der Waals surface area contributed by atoms with Crippen molar-refractivity contribution in [1.29, 1.82) is 0 Å². The van der Waals surface area contributed by atoms with Crippen molar-refractivity contribution < 1.29 is 22.6 Å². The van der Waals surface area contributed by atoms with E-state index in [0.29, 0.717) is 18.3 Å². The number of fused-ring (bicyclic) bond motifs is 1. The second-order valence-electron chi connectivity index (χ2n) is 8.92.